The highest BCUT2D eigenvalue weighted by Crippen LogP contribution is 2.19. The van der Waals surface area contributed by atoms with E-state index < -0.39 is 31.1 Å². The lowest BCUT2D eigenvalue weighted by Crippen LogP contribution is -2.42. The van der Waals surface area contributed by atoms with Crippen LogP contribution in [0, 0.1) is 0 Å². The maximum atomic E-state index is 12.5. The second kappa shape index (κ2) is 5.43. The summed E-state index contributed by atoms with van der Waals surface area (Å²) in [5, 5.41) is 12.5. The molecule has 1 amide bonds. The van der Waals surface area contributed by atoms with Crippen molar-refractivity contribution in [1.82, 2.24) is 14.5 Å². The number of hydrogen-bond acceptors (Lipinski definition) is 3. The monoisotopic (exact) mass is 301 g/mol. The summed E-state index contributed by atoms with van der Waals surface area (Å²) in [5.41, 5.74) is 0.223. The zero-order valence-corrected chi connectivity index (χ0v) is 10.5. The average molecular weight is 301 g/mol. The fraction of sp³-hybridized carbons (Fsp3) is 0.250. The van der Waals surface area contributed by atoms with Crippen LogP contribution in [0.3, 0.4) is 0 Å². The second-order valence-corrected chi connectivity index (χ2v) is 4.26. The quantitative estimate of drug-likeness (QED) is 0.927. The molecule has 0 fully saturated rings. The summed E-state index contributed by atoms with van der Waals surface area (Å²) in [6.07, 6.45) is -2.05. The first-order chi connectivity index (χ1) is 9.78. The predicted molar refractivity (Wildman–Crippen MR) is 64.8 cm³/mol. The maximum Gasteiger partial charge on any atom is 0.406 e. The normalized spacial score (nSPS) is 11.6. The van der Waals surface area contributed by atoms with E-state index in [0.29, 0.717) is 5.52 Å². The SMILES string of the molecule is O=C(O)CN(CC(F)(F)F)C(=O)c1cnn2ccccc12. The minimum atomic E-state index is -4.69. The fourth-order valence-corrected chi connectivity index (χ4v) is 1.85. The van der Waals surface area contributed by atoms with Gasteiger partial charge in [0.15, 0.2) is 0 Å². The van der Waals surface area contributed by atoms with Gasteiger partial charge in [-0.2, -0.15) is 18.3 Å². The Hall–Kier alpha value is -2.58. The Morgan fingerprint density at radius 1 is 1.33 bits per heavy atom. The molecule has 0 atom stereocenters. The topological polar surface area (TPSA) is 74.9 Å². The molecule has 0 radical (unpaired) electrons. The molecule has 2 heterocycles. The smallest absolute Gasteiger partial charge is 0.406 e. The average Bonchev–Trinajstić information content (AvgIpc) is 2.78. The molecule has 6 nitrogen and oxygen atoms in total. The van der Waals surface area contributed by atoms with Crippen LogP contribution in [0.5, 0.6) is 0 Å². The number of rotatable bonds is 4. The zero-order chi connectivity index (χ0) is 15.6. The van der Waals surface area contributed by atoms with E-state index >= 15 is 0 Å². The van der Waals surface area contributed by atoms with Gasteiger partial charge in [0.2, 0.25) is 0 Å². The number of aromatic nitrogens is 2. The van der Waals surface area contributed by atoms with E-state index in [4.69, 9.17) is 5.11 Å². The van der Waals surface area contributed by atoms with Gasteiger partial charge in [0.1, 0.15) is 13.1 Å². The van der Waals surface area contributed by atoms with Gasteiger partial charge in [-0.25, -0.2) is 4.52 Å². The van der Waals surface area contributed by atoms with Gasteiger partial charge in [-0.05, 0) is 12.1 Å². The van der Waals surface area contributed by atoms with Crippen LogP contribution in [0.1, 0.15) is 10.4 Å². The Morgan fingerprint density at radius 2 is 2.05 bits per heavy atom. The van der Waals surface area contributed by atoms with Crippen LogP contribution in [-0.2, 0) is 4.79 Å². The minimum Gasteiger partial charge on any atom is -0.480 e. The number of carboxylic acids is 1. The number of amides is 1. The number of halogens is 3. The lowest BCUT2D eigenvalue weighted by molar-refractivity contribution is -0.149. The number of carbonyl (C=O) groups is 2. The van der Waals surface area contributed by atoms with Gasteiger partial charge in [-0.15, -0.1) is 0 Å². The summed E-state index contributed by atoms with van der Waals surface area (Å²) in [7, 11) is 0. The molecule has 0 aliphatic heterocycles. The molecule has 9 heteroatoms. The van der Waals surface area contributed by atoms with E-state index in [1.807, 2.05) is 0 Å². The molecule has 0 unspecified atom stereocenters. The highest BCUT2D eigenvalue weighted by atomic mass is 19.4. The van der Waals surface area contributed by atoms with Crippen molar-refractivity contribution >= 4 is 17.4 Å². The van der Waals surface area contributed by atoms with Gasteiger partial charge in [0.05, 0.1) is 17.3 Å². The van der Waals surface area contributed by atoms with Gasteiger partial charge in [0, 0.05) is 6.20 Å². The minimum absolute atomic E-state index is 0.0823. The lowest BCUT2D eigenvalue weighted by atomic mass is 10.2. The van der Waals surface area contributed by atoms with Gasteiger partial charge < -0.3 is 10.0 Å². The molecular formula is C12H10F3N3O3. The Kier molecular flexibility index (Phi) is 3.83. The molecule has 112 valence electrons. The Morgan fingerprint density at radius 3 is 2.67 bits per heavy atom. The van der Waals surface area contributed by atoms with Crippen LogP contribution < -0.4 is 0 Å². The molecule has 0 saturated heterocycles. The van der Waals surface area contributed by atoms with Gasteiger partial charge >= 0.3 is 12.1 Å². The molecule has 2 aromatic rings. The third-order valence-electron chi connectivity index (χ3n) is 2.64. The molecule has 0 aliphatic rings. The number of alkyl halides is 3. The molecular weight excluding hydrogens is 291 g/mol. The molecule has 0 saturated carbocycles. The third-order valence-corrected chi connectivity index (χ3v) is 2.64. The Labute approximate surface area is 116 Å². The van der Waals surface area contributed by atoms with Crippen LogP contribution in [0.4, 0.5) is 13.2 Å². The number of fused-ring (bicyclic) bond motifs is 1. The molecule has 21 heavy (non-hydrogen) atoms. The summed E-state index contributed by atoms with van der Waals surface area (Å²) < 4.78 is 38.7. The largest absolute Gasteiger partial charge is 0.480 e. The van der Waals surface area contributed by atoms with Crippen molar-refractivity contribution in [3.63, 3.8) is 0 Å². The highest BCUT2D eigenvalue weighted by molar-refractivity contribution is 6.01. The van der Waals surface area contributed by atoms with Crippen molar-refractivity contribution < 1.29 is 27.9 Å². The maximum absolute atomic E-state index is 12.5. The Bertz CT molecular complexity index is 681. The van der Waals surface area contributed by atoms with Crippen molar-refractivity contribution in [3.8, 4) is 0 Å². The summed E-state index contributed by atoms with van der Waals surface area (Å²) >= 11 is 0. The van der Waals surface area contributed by atoms with Gasteiger partial charge in [-0.1, -0.05) is 6.07 Å². The standard InChI is InChI=1S/C12H10F3N3O3/c13-12(14,15)7-17(6-10(19)20)11(21)8-5-16-18-4-2-1-3-9(8)18/h1-5H,6-7H2,(H,19,20). The van der Waals surface area contributed by atoms with Crippen LogP contribution >= 0.6 is 0 Å². The third kappa shape index (κ3) is 3.50. The summed E-state index contributed by atoms with van der Waals surface area (Å²) in [6.45, 7) is -2.68. The Balaban J connectivity index is 2.35. The molecule has 2 rings (SSSR count). The fourth-order valence-electron chi connectivity index (χ4n) is 1.85. The lowest BCUT2D eigenvalue weighted by Gasteiger charge is -2.21. The molecule has 2 aromatic heterocycles. The van der Waals surface area contributed by atoms with Crippen molar-refractivity contribution in [1.29, 1.82) is 0 Å². The van der Waals surface area contributed by atoms with E-state index in [0.717, 1.165) is 6.20 Å². The number of aliphatic carboxylic acids is 1. The van der Waals surface area contributed by atoms with Crippen molar-refractivity contribution in [2.45, 2.75) is 6.18 Å². The first-order valence-corrected chi connectivity index (χ1v) is 5.78. The van der Waals surface area contributed by atoms with E-state index in [1.165, 1.54) is 16.8 Å². The zero-order valence-electron chi connectivity index (χ0n) is 10.5. The number of hydrogen-bond donors (Lipinski definition) is 1. The van der Waals surface area contributed by atoms with Crippen LogP contribution in [0.2, 0.25) is 0 Å². The van der Waals surface area contributed by atoms with Gasteiger partial charge in [0.25, 0.3) is 5.91 Å². The van der Waals surface area contributed by atoms with Crippen molar-refractivity contribution in [3.05, 3.63) is 36.2 Å². The first kappa shape index (κ1) is 14.8. The molecule has 0 aliphatic carbocycles. The van der Waals surface area contributed by atoms with E-state index in [-0.39, 0.29) is 10.5 Å². The van der Waals surface area contributed by atoms with Crippen LogP contribution in [-0.4, -0.2) is 50.8 Å². The van der Waals surface area contributed by atoms with Gasteiger partial charge in [-0.3, -0.25) is 9.59 Å². The van der Waals surface area contributed by atoms with Crippen LogP contribution in [0.15, 0.2) is 30.6 Å². The van der Waals surface area contributed by atoms with E-state index in [2.05, 4.69) is 5.10 Å². The summed E-state index contributed by atoms with van der Waals surface area (Å²) in [4.78, 5) is 23.0. The van der Waals surface area contributed by atoms with E-state index in [1.54, 1.807) is 12.1 Å². The highest BCUT2D eigenvalue weighted by Gasteiger charge is 2.35. The molecule has 0 bridgehead atoms. The molecule has 1 N–H and O–H groups in total. The molecule has 0 aromatic carbocycles. The number of carbonyl (C=O) groups excluding carboxylic acids is 1. The van der Waals surface area contributed by atoms with E-state index in [9.17, 15) is 22.8 Å². The number of nitrogens with zero attached hydrogens (tertiary/aromatic N) is 3. The number of pyridine rings is 1. The predicted octanol–water partition coefficient (Wildman–Crippen LogP) is 1.42. The summed E-state index contributed by atoms with van der Waals surface area (Å²) in [6, 6.07) is 4.74. The first-order valence-electron chi connectivity index (χ1n) is 5.78. The van der Waals surface area contributed by atoms with Crippen LogP contribution in [0.25, 0.3) is 5.52 Å². The summed E-state index contributed by atoms with van der Waals surface area (Å²) in [5.74, 6) is -2.56. The molecule has 0 spiro atoms. The number of carboxylic acid groups (broad SMARTS) is 1. The van der Waals surface area contributed by atoms with Crippen molar-refractivity contribution in [2.75, 3.05) is 13.1 Å². The van der Waals surface area contributed by atoms with Crippen molar-refractivity contribution in [2.24, 2.45) is 0 Å². The second-order valence-electron chi connectivity index (χ2n) is 4.26.